The van der Waals surface area contributed by atoms with E-state index in [1.54, 1.807) is 6.08 Å². The smallest absolute Gasteiger partial charge is 0.279 e. The Morgan fingerprint density at radius 3 is 2.68 bits per heavy atom. The Morgan fingerprint density at radius 2 is 2.04 bits per heavy atom. The van der Waals surface area contributed by atoms with Crippen LogP contribution in [0, 0.1) is 17.0 Å². The van der Waals surface area contributed by atoms with E-state index >= 15 is 0 Å². The van der Waals surface area contributed by atoms with Crippen molar-refractivity contribution < 1.29 is 9.72 Å². The second-order valence-corrected chi connectivity index (χ2v) is 6.49. The van der Waals surface area contributed by atoms with Crippen LogP contribution in [0.2, 0.25) is 0 Å². The zero-order valence-electron chi connectivity index (χ0n) is 13.5. The topological polar surface area (TPSA) is 77.5 Å². The molecule has 3 aromatic rings. The first-order valence-electron chi connectivity index (χ1n) is 7.54. The summed E-state index contributed by atoms with van der Waals surface area (Å²) in [5.41, 5.74) is 2.37. The number of hydrogen-bond donors (Lipinski definition) is 0. The van der Waals surface area contributed by atoms with Crippen molar-refractivity contribution >= 4 is 33.1 Å². The van der Waals surface area contributed by atoms with E-state index in [0.29, 0.717) is 16.9 Å². The number of thiazole rings is 1. The maximum absolute atomic E-state index is 12.4. The van der Waals surface area contributed by atoms with Crippen LogP contribution in [0.1, 0.15) is 15.9 Å². The van der Waals surface area contributed by atoms with Crippen LogP contribution in [0.15, 0.2) is 60.1 Å². The summed E-state index contributed by atoms with van der Waals surface area (Å²) in [5.74, 6) is -0.434. The molecule has 25 heavy (non-hydrogen) atoms. The van der Waals surface area contributed by atoms with Gasteiger partial charge in [-0.3, -0.25) is 14.9 Å². The fourth-order valence-electron chi connectivity index (χ4n) is 2.45. The van der Waals surface area contributed by atoms with E-state index in [1.807, 2.05) is 23.6 Å². The number of aromatic nitrogens is 1. The van der Waals surface area contributed by atoms with Gasteiger partial charge in [-0.2, -0.15) is 4.99 Å². The number of nitro groups is 1. The van der Waals surface area contributed by atoms with Gasteiger partial charge in [0.2, 0.25) is 0 Å². The van der Waals surface area contributed by atoms with Crippen molar-refractivity contribution in [1.82, 2.24) is 4.57 Å². The van der Waals surface area contributed by atoms with Gasteiger partial charge in [0.1, 0.15) is 0 Å². The van der Waals surface area contributed by atoms with Crippen LogP contribution in [0.3, 0.4) is 0 Å². The number of nitro benzene ring substituents is 1. The van der Waals surface area contributed by atoms with Gasteiger partial charge in [-0.1, -0.05) is 23.5 Å². The van der Waals surface area contributed by atoms with Crippen molar-refractivity contribution in [2.24, 2.45) is 4.99 Å². The molecule has 0 aliphatic carbocycles. The summed E-state index contributed by atoms with van der Waals surface area (Å²) < 4.78 is 2.97. The normalized spacial score (nSPS) is 11.6. The molecule has 126 valence electrons. The minimum Gasteiger partial charge on any atom is -0.312 e. The Hall–Kier alpha value is -3.06. The number of amides is 1. The van der Waals surface area contributed by atoms with Crippen LogP contribution in [0.25, 0.3) is 10.2 Å². The quantitative estimate of drug-likeness (QED) is 0.406. The third-order valence-electron chi connectivity index (χ3n) is 3.67. The molecule has 0 spiro atoms. The van der Waals surface area contributed by atoms with E-state index in [9.17, 15) is 14.9 Å². The van der Waals surface area contributed by atoms with Crippen LogP contribution in [0.5, 0.6) is 0 Å². The molecule has 1 aromatic heterocycles. The summed E-state index contributed by atoms with van der Waals surface area (Å²) >= 11 is 1.43. The van der Waals surface area contributed by atoms with Gasteiger partial charge in [0.15, 0.2) is 4.80 Å². The van der Waals surface area contributed by atoms with Gasteiger partial charge in [0, 0.05) is 24.2 Å². The molecule has 0 aliphatic rings. The van der Waals surface area contributed by atoms with Crippen LogP contribution in [0.4, 0.5) is 5.69 Å². The predicted octanol–water partition coefficient (Wildman–Crippen LogP) is 3.85. The highest BCUT2D eigenvalue weighted by Crippen LogP contribution is 2.19. The molecule has 3 rings (SSSR count). The van der Waals surface area contributed by atoms with E-state index < -0.39 is 10.8 Å². The lowest BCUT2D eigenvalue weighted by Crippen LogP contribution is -2.16. The molecule has 0 saturated carbocycles. The lowest BCUT2D eigenvalue weighted by Gasteiger charge is -2.01. The van der Waals surface area contributed by atoms with Gasteiger partial charge in [-0.05, 0) is 36.8 Å². The molecule has 0 fully saturated rings. The first-order chi connectivity index (χ1) is 12.0. The summed E-state index contributed by atoms with van der Waals surface area (Å²) in [7, 11) is 0. The number of allylic oxidation sites excluding steroid dienone is 1. The van der Waals surface area contributed by atoms with Crippen molar-refractivity contribution in [3.63, 3.8) is 0 Å². The standard InChI is InChI=1S/C18H15N3O3S/c1-3-10-20-15-9-4-12(2)11-16(15)25-18(20)19-17(22)13-5-7-14(8-6-13)21(23)24/h3-9,11H,1,10H2,2H3. The van der Waals surface area contributed by atoms with E-state index in [1.165, 1.54) is 35.6 Å². The summed E-state index contributed by atoms with van der Waals surface area (Å²) in [6, 6.07) is 11.5. The molecule has 2 aromatic carbocycles. The second-order valence-electron chi connectivity index (χ2n) is 5.48. The number of carbonyl (C=O) groups is 1. The van der Waals surface area contributed by atoms with Crippen molar-refractivity contribution in [2.75, 3.05) is 0 Å². The Bertz CT molecular complexity index is 1050. The predicted molar refractivity (Wildman–Crippen MR) is 97.7 cm³/mol. The molecule has 7 heteroatoms. The number of carbonyl (C=O) groups excluding carboxylic acids is 1. The lowest BCUT2D eigenvalue weighted by molar-refractivity contribution is -0.384. The molecule has 0 unspecified atom stereocenters. The maximum atomic E-state index is 12.4. The van der Waals surface area contributed by atoms with Gasteiger partial charge in [0.05, 0.1) is 15.1 Å². The van der Waals surface area contributed by atoms with Crippen molar-refractivity contribution in [1.29, 1.82) is 0 Å². The largest absolute Gasteiger partial charge is 0.312 e. The number of rotatable bonds is 4. The zero-order valence-corrected chi connectivity index (χ0v) is 14.3. The third-order valence-corrected chi connectivity index (χ3v) is 4.71. The lowest BCUT2D eigenvalue weighted by atomic mass is 10.2. The Labute approximate surface area is 147 Å². The fraction of sp³-hybridized carbons (Fsp3) is 0.111. The molecule has 6 nitrogen and oxygen atoms in total. The number of fused-ring (bicyclic) bond motifs is 1. The van der Waals surface area contributed by atoms with E-state index in [0.717, 1.165) is 15.8 Å². The minimum atomic E-state index is -0.502. The number of nitrogens with zero attached hydrogens (tertiary/aromatic N) is 3. The Kier molecular flexibility index (Phi) is 4.58. The van der Waals surface area contributed by atoms with Gasteiger partial charge in [-0.25, -0.2) is 0 Å². The SMILES string of the molecule is C=CCn1c(=NC(=O)c2ccc([N+](=O)[O-])cc2)sc2cc(C)ccc21. The Balaban J connectivity index is 2.07. The molecule has 0 N–H and O–H groups in total. The van der Waals surface area contributed by atoms with Gasteiger partial charge in [0.25, 0.3) is 11.6 Å². The number of benzene rings is 2. The molecule has 0 radical (unpaired) electrons. The highest BCUT2D eigenvalue weighted by atomic mass is 32.1. The highest BCUT2D eigenvalue weighted by molar-refractivity contribution is 7.16. The van der Waals surface area contributed by atoms with Crippen molar-refractivity contribution in [3.8, 4) is 0 Å². The van der Waals surface area contributed by atoms with Crippen LogP contribution >= 0.6 is 11.3 Å². The molecular formula is C18H15N3O3S. The first-order valence-corrected chi connectivity index (χ1v) is 8.35. The highest BCUT2D eigenvalue weighted by Gasteiger charge is 2.11. The molecule has 0 atom stereocenters. The molecular weight excluding hydrogens is 338 g/mol. The first kappa shape index (κ1) is 16.8. The Morgan fingerprint density at radius 1 is 1.32 bits per heavy atom. The van der Waals surface area contributed by atoms with E-state index in [4.69, 9.17) is 0 Å². The van der Waals surface area contributed by atoms with Crippen molar-refractivity contribution in [2.45, 2.75) is 13.5 Å². The van der Waals surface area contributed by atoms with Crippen molar-refractivity contribution in [3.05, 3.63) is 81.2 Å². The summed E-state index contributed by atoms with van der Waals surface area (Å²) in [4.78, 5) is 27.4. The monoisotopic (exact) mass is 353 g/mol. The van der Waals surface area contributed by atoms with E-state index in [-0.39, 0.29) is 5.69 Å². The number of non-ortho nitro benzene ring substituents is 1. The average Bonchev–Trinajstić information content (AvgIpc) is 2.91. The summed E-state index contributed by atoms with van der Waals surface area (Å²) in [5, 5.41) is 10.7. The molecule has 0 bridgehead atoms. The van der Waals surface area contributed by atoms with Crippen LogP contribution < -0.4 is 4.80 Å². The van der Waals surface area contributed by atoms with Gasteiger partial charge >= 0.3 is 0 Å². The number of aryl methyl sites for hydroxylation is 1. The number of hydrogen-bond acceptors (Lipinski definition) is 4. The molecule has 0 aliphatic heterocycles. The van der Waals surface area contributed by atoms with Gasteiger partial charge < -0.3 is 4.57 Å². The fourth-order valence-corrected chi connectivity index (χ4v) is 3.58. The van der Waals surface area contributed by atoms with Crippen LogP contribution in [-0.2, 0) is 6.54 Å². The summed E-state index contributed by atoms with van der Waals surface area (Å²) in [6.07, 6.45) is 1.75. The summed E-state index contributed by atoms with van der Waals surface area (Å²) in [6.45, 7) is 6.30. The van der Waals surface area contributed by atoms with Gasteiger partial charge in [-0.15, -0.1) is 6.58 Å². The second kappa shape index (κ2) is 6.82. The van der Waals surface area contributed by atoms with E-state index in [2.05, 4.69) is 17.6 Å². The molecule has 1 heterocycles. The maximum Gasteiger partial charge on any atom is 0.279 e. The molecule has 0 saturated heterocycles. The third kappa shape index (κ3) is 3.41. The molecule has 1 amide bonds. The minimum absolute atomic E-state index is 0.0596. The zero-order chi connectivity index (χ0) is 18.0. The average molecular weight is 353 g/mol. The van der Waals surface area contributed by atoms with Crippen LogP contribution in [-0.4, -0.2) is 15.4 Å².